The minimum Gasteiger partial charge on any atom is -0.313 e. The van der Waals surface area contributed by atoms with Gasteiger partial charge in [0.15, 0.2) is 0 Å². The fraction of sp³-hybridized carbons (Fsp3) is 0.455. The molecule has 0 amide bonds. The Morgan fingerprint density at radius 2 is 1.92 bits per heavy atom. The molecule has 0 spiro atoms. The van der Waals surface area contributed by atoms with Gasteiger partial charge >= 0.3 is 0 Å². The molecule has 0 aromatic heterocycles. The van der Waals surface area contributed by atoms with Crippen LogP contribution in [0.2, 0.25) is 0 Å². The van der Waals surface area contributed by atoms with Crippen molar-refractivity contribution < 1.29 is 0 Å². The van der Waals surface area contributed by atoms with Crippen LogP contribution >= 0.6 is 0 Å². The van der Waals surface area contributed by atoms with Crippen LogP contribution in [-0.4, -0.2) is 7.05 Å². The number of benzene rings is 1. The molecule has 1 heteroatoms. The zero-order valence-electron chi connectivity index (χ0n) is 8.31. The lowest BCUT2D eigenvalue weighted by atomic mass is 10.0. The first kappa shape index (κ1) is 9.27. The number of rotatable bonds is 2. The number of aryl methyl sites for hydroxylation is 2. The van der Waals surface area contributed by atoms with E-state index in [2.05, 4.69) is 44.3 Å². The van der Waals surface area contributed by atoms with E-state index in [1.165, 1.54) is 16.7 Å². The van der Waals surface area contributed by atoms with Crippen LogP contribution in [0.5, 0.6) is 0 Å². The van der Waals surface area contributed by atoms with Gasteiger partial charge in [-0.1, -0.05) is 23.8 Å². The van der Waals surface area contributed by atoms with Crippen molar-refractivity contribution in [2.24, 2.45) is 0 Å². The summed E-state index contributed by atoms with van der Waals surface area (Å²) < 4.78 is 0. The molecule has 12 heavy (non-hydrogen) atoms. The fourth-order valence-electron chi connectivity index (χ4n) is 1.38. The highest BCUT2D eigenvalue weighted by Gasteiger charge is 2.04. The number of nitrogens with one attached hydrogen (secondary N) is 1. The predicted molar refractivity (Wildman–Crippen MR) is 53.4 cm³/mol. The molecule has 1 rings (SSSR count). The van der Waals surface area contributed by atoms with Crippen molar-refractivity contribution in [1.82, 2.24) is 5.32 Å². The highest BCUT2D eigenvalue weighted by Crippen LogP contribution is 2.17. The topological polar surface area (TPSA) is 12.0 Å². The van der Waals surface area contributed by atoms with Crippen LogP contribution in [-0.2, 0) is 0 Å². The maximum absolute atomic E-state index is 3.25. The Morgan fingerprint density at radius 3 is 2.50 bits per heavy atom. The van der Waals surface area contributed by atoms with Crippen LogP contribution in [0.1, 0.15) is 29.7 Å². The standard InChI is InChI=1S/C11H17N/c1-8-5-6-9(2)11(7-8)10(3)12-4/h5-7,10,12H,1-4H3/t10-/m0/s1. The first-order chi connectivity index (χ1) is 5.65. The molecule has 0 fully saturated rings. The first-order valence-corrected chi connectivity index (χ1v) is 4.39. The van der Waals surface area contributed by atoms with E-state index >= 15 is 0 Å². The third-order valence-corrected chi connectivity index (χ3v) is 2.33. The monoisotopic (exact) mass is 163 g/mol. The van der Waals surface area contributed by atoms with E-state index in [0.29, 0.717) is 6.04 Å². The van der Waals surface area contributed by atoms with Crippen LogP contribution in [0.15, 0.2) is 18.2 Å². The Kier molecular flexibility index (Phi) is 2.88. The van der Waals surface area contributed by atoms with Gasteiger partial charge in [-0.15, -0.1) is 0 Å². The molecule has 0 aliphatic carbocycles. The van der Waals surface area contributed by atoms with Gasteiger partial charge in [-0.3, -0.25) is 0 Å². The van der Waals surface area contributed by atoms with Crippen LogP contribution in [0, 0.1) is 13.8 Å². The molecular formula is C11H17N. The number of hydrogen-bond donors (Lipinski definition) is 1. The highest BCUT2D eigenvalue weighted by atomic mass is 14.9. The molecular weight excluding hydrogens is 146 g/mol. The van der Waals surface area contributed by atoms with Crippen molar-refractivity contribution in [3.8, 4) is 0 Å². The van der Waals surface area contributed by atoms with E-state index in [9.17, 15) is 0 Å². The van der Waals surface area contributed by atoms with Crippen LogP contribution < -0.4 is 5.32 Å². The molecule has 0 bridgehead atoms. The van der Waals surface area contributed by atoms with Gasteiger partial charge < -0.3 is 5.32 Å². The van der Waals surface area contributed by atoms with Gasteiger partial charge in [-0.2, -0.15) is 0 Å². The summed E-state index contributed by atoms with van der Waals surface area (Å²) in [6.45, 7) is 6.47. The van der Waals surface area contributed by atoms with Crippen molar-refractivity contribution in [1.29, 1.82) is 0 Å². The Bertz CT molecular complexity index is 266. The van der Waals surface area contributed by atoms with E-state index < -0.39 is 0 Å². The fourth-order valence-corrected chi connectivity index (χ4v) is 1.38. The van der Waals surface area contributed by atoms with Gasteiger partial charge in [-0.05, 0) is 38.9 Å². The summed E-state index contributed by atoms with van der Waals surface area (Å²) in [7, 11) is 1.99. The van der Waals surface area contributed by atoms with Gasteiger partial charge in [0.1, 0.15) is 0 Å². The second-order valence-electron chi connectivity index (χ2n) is 3.37. The van der Waals surface area contributed by atoms with Gasteiger partial charge in [-0.25, -0.2) is 0 Å². The molecule has 1 aromatic rings. The van der Waals surface area contributed by atoms with Crippen LogP contribution in [0.25, 0.3) is 0 Å². The molecule has 0 saturated heterocycles. The first-order valence-electron chi connectivity index (χ1n) is 4.39. The second-order valence-corrected chi connectivity index (χ2v) is 3.37. The van der Waals surface area contributed by atoms with Crippen molar-refractivity contribution in [3.05, 3.63) is 34.9 Å². The van der Waals surface area contributed by atoms with Crippen molar-refractivity contribution in [3.63, 3.8) is 0 Å². The maximum Gasteiger partial charge on any atom is 0.0291 e. The molecule has 1 aromatic carbocycles. The van der Waals surface area contributed by atoms with Gasteiger partial charge in [0.05, 0.1) is 0 Å². The minimum atomic E-state index is 0.449. The lowest BCUT2D eigenvalue weighted by Gasteiger charge is -2.14. The summed E-state index contributed by atoms with van der Waals surface area (Å²) in [6, 6.07) is 7.03. The third kappa shape index (κ3) is 1.86. The maximum atomic E-state index is 3.25. The predicted octanol–water partition coefficient (Wildman–Crippen LogP) is 2.58. The summed E-state index contributed by atoms with van der Waals surface area (Å²) in [6.07, 6.45) is 0. The van der Waals surface area contributed by atoms with Gasteiger partial charge in [0.2, 0.25) is 0 Å². The zero-order valence-corrected chi connectivity index (χ0v) is 8.31. The Hall–Kier alpha value is -0.820. The second kappa shape index (κ2) is 3.72. The molecule has 1 nitrogen and oxygen atoms in total. The number of hydrogen-bond acceptors (Lipinski definition) is 1. The van der Waals surface area contributed by atoms with Crippen molar-refractivity contribution in [2.75, 3.05) is 7.05 Å². The summed E-state index contributed by atoms with van der Waals surface area (Å²) in [4.78, 5) is 0. The van der Waals surface area contributed by atoms with Crippen LogP contribution in [0.4, 0.5) is 0 Å². The Morgan fingerprint density at radius 1 is 1.25 bits per heavy atom. The lowest BCUT2D eigenvalue weighted by molar-refractivity contribution is 0.648. The van der Waals surface area contributed by atoms with Crippen molar-refractivity contribution >= 4 is 0 Å². The Labute approximate surface area is 74.8 Å². The molecule has 0 radical (unpaired) electrons. The normalized spacial score (nSPS) is 13.0. The molecule has 0 aliphatic heterocycles. The minimum absolute atomic E-state index is 0.449. The molecule has 0 saturated carbocycles. The Balaban J connectivity index is 3.04. The summed E-state index contributed by atoms with van der Waals surface area (Å²) >= 11 is 0. The van der Waals surface area contributed by atoms with Crippen molar-refractivity contribution in [2.45, 2.75) is 26.8 Å². The average molecular weight is 163 g/mol. The SMILES string of the molecule is CN[C@@H](C)c1cc(C)ccc1C. The summed E-state index contributed by atoms with van der Waals surface area (Å²) in [5, 5.41) is 3.25. The molecule has 0 unspecified atom stereocenters. The van der Waals surface area contributed by atoms with E-state index in [0.717, 1.165) is 0 Å². The average Bonchev–Trinajstić information content (AvgIpc) is 2.08. The summed E-state index contributed by atoms with van der Waals surface area (Å²) in [5.74, 6) is 0. The molecule has 1 atom stereocenters. The third-order valence-electron chi connectivity index (χ3n) is 2.33. The van der Waals surface area contributed by atoms with Crippen LogP contribution in [0.3, 0.4) is 0 Å². The molecule has 1 N–H and O–H groups in total. The largest absolute Gasteiger partial charge is 0.313 e. The van der Waals surface area contributed by atoms with E-state index in [-0.39, 0.29) is 0 Å². The highest BCUT2D eigenvalue weighted by molar-refractivity contribution is 5.32. The van der Waals surface area contributed by atoms with E-state index in [4.69, 9.17) is 0 Å². The molecule has 0 heterocycles. The quantitative estimate of drug-likeness (QED) is 0.706. The zero-order chi connectivity index (χ0) is 9.14. The molecule has 0 aliphatic rings. The van der Waals surface area contributed by atoms with E-state index in [1.807, 2.05) is 7.05 Å². The lowest BCUT2D eigenvalue weighted by Crippen LogP contribution is -2.13. The van der Waals surface area contributed by atoms with E-state index in [1.54, 1.807) is 0 Å². The molecule has 66 valence electrons. The van der Waals surface area contributed by atoms with Gasteiger partial charge in [0, 0.05) is 6.04 Å². The van der Waals surface area contributed by atoms with Gasteiger partial charge in [0.25, 0.3) is 0 Å². The summed E-state index contributed by atoms with van der Waals surface area (Å²) in [5.41, 5.74) is 4.10. The smallest absolute Gasteiger partial charge is 0.0291 e.